The molecule has 39 heavy (non-hydrogen) atoms. The molecule has 0 unspecified atom stereocenters. The van der Waals surface area contributed by atoms with Crippen molar-refractivity contribution in [3.05, 3.63) is 41.7 Å². The third-order valence-corrected chi connectivity index (χ3v) is 8.54. The largest absolute Gasteiger partial charge is 0.467 e. The third kappa shape index (κ3) is 8.17. The highest BCUT2D eigenvalue weighted by atomic mass is 32.2. The molecule has 0 saturated carbocycles. The zero-order chi connectivity index (χ0) is 29.0. The molecule has 1 fully saturated rings. The van der Waals surface area contributed by atoms with Gasteiger partial charge >= 0.3 is 6.09 Å². The molecule has 216 valence electrons. The maximum Gasteiger partial charge on any atom is 0.407 e. The van der Waals surface area contributed by atoms with Gasteiger partial charge in [-0.1, -0.05) is 41.5 Å². The molecule has 2 N–H and O–H groups in total. The number of carboxylic acid groups (broad SMARTS) is 1. The van der Waals surface area contributed by atoms with Gasteiger partial charge in [-0.05, 0) is 30.4 Å². The van der Waals surface area contributed by atoms with E-state index in [1.54, 1.807) is 24.2 Å². The topological polar surface area (TPSA) is 146 Å². The van der Waals surface area contributed by atoms with Gasteiger partial charge in [0, 0.05) is 37.0 Å². The second-order valence-electron chi connectivity index (χ2n) is 11.6. The first kappa shape index (κ1) is 30.4. The van der Waals surface area contributed by atoms with Crippen molar-refractivity contribution in [3.63, 3.8) is 0 Å². The van der Waals surface area contributed by atoms with Crippen LogP contribution < -0.4 is 5.32 Å². The lowest BCUT2D eigenvalue weighted by molar-refractivity contribution is 0.0429. The molecule has 3 rings (SSSR count). The minimum Gasteiger partial charge on any atom is -0.467 e. The van der Waals surface area contributed by atoms with Crippen LogP contribution in [0.5, 0.6) is 0 Å². The molecule has 0 spiro atoms. The van der Waals surface area contributed by atoms with Crippen LogP contribution in [0, 0.1) is 11.8 Å². The van der Waals surface area contributed by atoms with Crippen LogP contribution in [0.4, 0.5) is 10.6 Å². The van der Waals surface area contributed by atoms with Crippen molar-refractivity contribution in [2.45, 2.75) is 66.0 Å². The number of nitrogens with zero attached hydrogens (tertiary/aromatic N) is 4. The highest BCUT2D eigenvalue weighted by molar-refractivity contribution is 7.91. The lowest BCUT2D eigenvalue weighted by Crippen LogP contribution is -2.55. The number of anilines is 1. The summed E-state index contributed by atoms with van der Waals surface area (Å²) in [7, 11) is -3.33. The summed E-state index contributed by atoms with van der Waals surface area (Å²) >= 11 is 0. The number of hydrogen-bond donors (Lipinski definition) is 2. The lowest BCUT2D eigenvalue weighted by atomic mass is 9.93. The minimum atomic E-state index is -3.33. The number of likely N-dealkylation sites (tertiary alicyclic amines) is 1. The van der Waals surface area contributed by atoms with E-state index in [9.17, 15) is 23.1 Å². The Morgan fingerprint density at radius 1 is 1.28 bits per heavy atom. The number of nitrogens with one attached hydrogen (secondary N) is 1. The van der Waals surface area contributed by atoms with Crippen LogP contribution in [-0.2, 0) is 21.8 Å². The normalized spacial score (nSPS) is 18.3. The van der Waals surface area contributed by atoms with Crippen molar-refractivity contribution in [2.75, 3.05) is 36.5 Å². The summed E-state index contributed by atoms with van der Waals surface area (Å²) in [6, 6.07) is 3.10. The van der Waals surface area contributed by atoms with E-state index in [0.717, 1.165) is 0 Å². The Hall–Kier alpha value is -3.15. The zero-order valence-electron chi connectivity index (χ0n) is 23.7. The van der Waals surface area contributed by atoms with Gasteiger partial charge in [0.1, 0.15) is 32.8 Å². The maximum absolute atomic E-state index is 14.1. The fraction of sp³-hybridized carbons (Fsp3) is 0.630. The highest BCUT2D eigenvalue weighted by Crippen LogP contribution is 2.28. The monoisotopic (exact) mass is 563 g/mol. The predicted octanol–water partition coefficient (Wildman–Crippen LogP) is 3.88. The molecule has 0 radical (unpaired) electrons. The number of amides is 2. The second-order valence-corrected chi connectivity index (χ2v) is 14.0. The van der Waals surface area contributed by atoms with Crippen LogP contribution in [0.2, 0.25) is 0 Å². The first-order chi connectivity index (χ1) is 18.2. The summed E-state index contributed by atoms with van der Waals surface area (Å²) in [6.45, 7) is 12.4. The van der Waals surface area contributed by atoms with Gasteiger partial charge in [-0.25, -0.2) is 23.2 Å². The molecule has 11 nitrogen and oxygen atoms in total. The Morgan fingerprint density at radius 2 is 2.00 bits per heavy atom. The molecule has 0 bridgehead atoms. The Morgan fingerprint density at radius 3 is 2.56 bits per heavy atom. The number of sulfone groups is 1. The Kier molecular flexibility index (Phi) is 9.63. The number of hydrogen-bond acceptors (Lipinski definition) is 8. The Labute approximate surface area is 230 Å². The molecule has 1 aliphatic rings. The molecule has 0 aliphatic carbocycles. The SMILES string of the molecule is CCS(=O)(=O)C[C@H]1C[C@H](N(CC(C)C)C(=O)c2cnc(C(C)(C)C)nc2NCc2ccco2)CN(C(=O)O)C1. The van der Waals surface area contributed by atoms with Crippen LogP contribution in [0.25, 0.3) is 0 Å². The van der Waals surface area contributed by atoms with Crippen LogP contribution in [0.1, 0.15) is 69.9 Å². The van der Waals surface area contributed by atoms with E-state index in [1.165, 1.54) is 11.1 Å². The summed E-state index contributed by atoms with van der Waals surface area (Å²) in [5, 5.41) is 13.0. The molecule has 12 heteroatoms. The lowest BCUT2D eigenvalue weighted by Gasteiger charge is -2.42. The summed E-state index contributed by atoms with van der Waals surface area (Å²) in [5.41, 5.74) is -0.0932. The van der Waals surface area contributed by atoms with Crippen molar-refractivity contribution in [1.82, 2.24) is 19.8 Å². The number of furan rings is 1. The zero-order valence-corrected chi connectivity index (χ0v) is 24.5. The van der Waals surface area contributed by atoms with E-state index in [4.69, 9.17) is 9.40 Å². The van der Waals surface area contributed by atoms with Gasteiger partial charge in [-0.3, -0.25) is 4.79 Å². The van der Waals surface area contributed by atoms with Gasteiger partial charge in [0.05, 0.1) is 24.6 Å². The summed E-state index contributed by atoms with van der Waals surface area (Å²) in [4.78, 5) is 38.2. The molecule has 2 aromatic heterocycles. The summed E-state index contributed by atoms with van der Waals surface area (Å²) in [5.74, 6) is 0.806. The molecular formula is C27H41N5O6S. The fourth-order valence-electron chi connectivity index (χ4n) is 4.72. The van der Waals surface area contributed by atoms with E-state index >= 15 is 0 Å². The number of carbonyl (C=O) groups excluding carboxylic acids is 1. The molecule has 1 saturated heterocycles. The van der Waals surface area contributed by atoms with Crippen molar-refractivity contribution >= 4 is 27.7 Å². The average molecular weight is 564 g/mol. The van der Waals surface area contributed by atoms with Crippen molar-refractivity contribution < 1.29 is 27.5 Å². The smallest absolute Gasteiger partial charge is 0.407 e. The van der Waals surface area contributed by atoms with Gasteiger partial charge in [0.15, 0.2) is 0 Å². The van der Waals surface area contributed by atoms with Crippen molar-refractivity contribution in [2.24, 2.45) is 11.8 Å². The van der Waals surface area contributed by atoms with Crippen molar-refractivity contribution in [3.8, 4) is 0 Å². The van der Waals surface area contributed by atoms with Gasteiger partial charge in [0.2, 0.25) is 0 Å². The Bertz CT molecular complexity index is 1240. The highest BCUT2D eigenvalue weighted by Gasteiger charge is 2.38. The first-order valence-electron chi connectivity index (χ1n) is 13.3. The van der Waals surface area contributed by atoms with E-state index in [0.29, 0.717) is 36.9 Å². The summed E-state index contributed by atoms with van der Waals surface area (Å²) in [6.07, 6.45) is 2.34. The van der Waals surface area contributed by atoms with E-state index in [1.807, 2.05) is 40.7 Å². The van der Waals surface area contributed by atoms with Gasteiger partial charge in [0.25, 0.3) is 5.91 Å². The van der Waals surface area contributed by atoms with Crippen LogP contribution in [-0.4, -0.2) is 82.5 Å². The summed E-state index contributed by atoms with van der Waals surface area (Å²) < 4.78 is 30.2. The number of carbonyl (C=O) groups is 2. The molecule has 3 heterocycles. The first-order valence-corrected chi connectivity index (χ1v) is 15.1. The van der Waals surface area contributed by atoms with Crippen LogP contribution in [0.3, 0.4) is 0 Å². The fourth-order valence-corrected chi connectivity index (χ4v) is 5.91. The average Bonchev–Trinajstić information content (AvgIpc) is 3.38. The minimum absolute atomic E-state index is 0.0158. The number of aromatic nitrogens is 2. The van der Waals surface area contributed by atoms with E-state index < -0.39 is 27.9 Å². The van der Waals surface area contributed by atoms with Gasteiger partial charge < -0.3 is 24.6 Å². The van der Waals surface area contributed by atoms with Crippen LogP contribution >= 0.6 is 0 Å². The van der Waals surface area contributed by atoms with Crippen LogP contribution in [0.15, 0.2) is 29.0 Å². The van der Waals surface area contributed by atoms with Gasteiger partial charge in [-0.2, -0.15) is 0 Å². The number of rotatable bonds is 10. The maximum atomic E-state index is 14.1. The molecule has 1 aliphatic heterocycles. The molecular weight excluding hydrogens is 522 g/mol. The van der Waals surface area contributed by atoms with E-state index in [2.05, 4.69) is 10.3 Å². The molecule has 2 atom stereocenters. The Balaban J connectivity index is 1.99. The molecule has 0 aromatic carbocycles. The third-order valence-electron chi connectivity index (χ3n) is 6.68. The second kappa shape index (κ2) is 12.4. The molecule has 2 aromatic rings. The quantitative estimate of drug-likeness (QED) is 0.440. The van der Waals surface area contributed by atoms with Crippen molar-refractivity contribution in [1.29, 1.82) is 0 Å². The van der Waals surface area contributed by atoms with Gasteiger partial charge in [-0.15, -0.1) is 0 Å². The number of piperidine rings is 1. The molecule has 2 amide bonds. The predicted molar refractivity (Wildman–Crippen MR) is 148 cm³/mol. The van der Waals surface area contributed by atoms with E-state index in [-0.39, 0.29) is 47.4 Å². The standard InChI is InChI=1S/C27H41N5O6S/c1-7-39(36,37)17-19-11-20(16-31(15-19)26(34)35)32(14-18(2)3)24(33)22-13-29-25(27(4,5)6)30-23(22)28-12-21-9-8-10-38-21/h8-10,13,18-20H,7,11-12,14-17H2,1-6H3,(H,34,35)(H,28,29,30)/t19-,20-/m0/s1.